The Morgan fingerprint density at radius 2 is 2.15 bits per heavy atom. The topological polar surface area (TPSA) is 41.1 Å². The Balaban J connectivity index is 2.29. The molecule has 1 unspecified atom stereocenters. The first kappa shape index (κ1) is 15.4. The van der Waals surface area contributed by atoms with Crippen LogP contribution in [0.3, 0.4) is 0 Å². The molecule has 1 fully saturated rings. The third-order valence-electron chi connectivity index (χ3n) is 3.81. The molecule has 2 rings (SSSR count). The molecule has 0 radical (unpaired) electrons. The first-order chi connectivity index (χ1) is 9.67. The second-order valence-electron chi connectivity index (χ2n) is 5.35. The SMILES string of the molecule is CCCNc1nc(CC)nc(N(C)C2CCSC2)c1C. The van der Waals surface area contributed by atoms with Gasteiger partial charge in [-0.3, -0.25) is 0 Å². The summed E-state index contributed by atoms with van der Waals surface area (Å²) < 4.78 is 0. The van der Waals surface area contributed by atoms with Gasteiger partial charge in [0.15, 0.2) is 0 Å². The van der Waals surface area contributed by atoms with Crippen LogP contribution in [-0.4, -0.2) is 41.1 Å². The van der Waals surface area contributed by atoms with Crippen molar-refractivity contribution in [3.63, 3.8) is 0 Å². The van der Waals surface area contributed by atoms with Gasteiger partial charge >= 0.3 is 0 Å². The summed E-state index contributed by atoms with van der Waals surface area (Å²) in [5, 5.41) is 3.44. The number of anilines is 2. The van der Waals surface area contributed by atoms with E-state index < -0.39 is 0 Å². The van der Waals surface area contributed by atoms with E-state index in [1.807, 2.05) is 11.8 Å². The number of hydrogen-bond donors (Lipinski definition) is 1. The van der Waals surface area contributed by atoms with Crippen LogP contribution in [0.15, 0.2) is 0 Å². The molecule has 4 nitrogen and oxygen atoms in total. The molecule has 0 amide bonds. The fourth-order valence-corrected chi connectivity index (χ4v) is 3.74. The van der Waals surface area contributed by atoms with Gasteiger partial charge in [-0.15, -0.1) is 0 Å². The molecule has 1 aliphatic heterocycles. The van der Waals surface area contributed by atoms with E-state index in [4.69, 9.17) is 4.98 Å². The van der Waals surface area contributed by atoms with Crippen molar-refractivity contribution in [1.29, 1.82) is 0 Å². The summed E-state index contributed by atoms with van der Waals surface area (Å²) in [5.41, 5.74) is 1.18. The average molecular weight is 294 g/mol. The first-order valence-electron chi connectivity index (χ1n) is 7.59. The van der Waals surface area contributed by atoms with Crippen molar-refractivity contribution in [2.45, 2.75) is 46.1 Å². The van der Waals surface area contributed by atoms with Gasteiger partial charge in [-0.1, -0.05) is 13.8 Å². The van der Waals surface area contributed by atoms with Gasteiger partial charge in [0.25, 0.3) is 0 Å². The Morgan fingerprint density at radius 1 is 1.35 bits per heavy atom. The molecule has 0 spiro atoms. The van der Waals surface area contributed by atoms with E-state index in [1.165, 1.54) is 23.5 Å². The van der Waals surface area contributed by atoms with Crippen molar-refractivity contribution in [3.05, 3.63) is 11.4 Å². The minimum atomic E-state index is 0.609. The molecule has 0 saturated carbocycles. The van der Waals surface area contributed by atoms with Gasteiger partial charge < -0.3 is 10.2 Å². The van der Waals surface area contributed by atoms with Gasteiger partial charge in [-0.2, -0.15) is 11.8 Å². The number of aromatic nitrogens is 2. The Labute approximate surface area is 126 Å². The molecule has 1 aromatic rings. The van der Waals surface area contributed by atoms with Gasteiger partial charge in [-0.05, 0) is 25.5 Å². The highest BCUT2D eigenvalue weighted by atomic mass is 32.2. The van der Waals surface area contributed by atoms with E-state index in [-0.39, 0.29) is 0 Å². The lowest BCUT2D eigenvalue weighted by Crippen LogP contribution is -2.33. The number of nitrogens with zero attached hydrogens (tertiary/aromatic N) is 3. The van der Waals surface area contributed by atoms with E-state index in [9.17, 15) is 0 Å². The summed E-state index contributed by atoms with van der Waals surface area (Å²) in [4.78, 5) is 11.8. The summed E-state index contributed by atoms with van der Waals surface area (Å²) in [6.07, 6.45) is 3.24. The molecule has 5 heteroatoms. The van der Waals surface area contributed by atoms with Gasteiger partial charge in [0.1, 0.15) is 17.5 Å². The van der Waals surface area contributed by atoms with Crippen molar-refractivity contribution < 1.29 is 0 Å². The van der Waals surface area contributed by atoms with E-state index in [2.05, 4.69) is 43.0 Å². The second kappa shape index (κ2) is 7.16. The molecule has 0 bridgehead atoms. The number of aryl methyl sites for hydroxylation is 1. The van der Waals surface area contributed by atoms with Crippen molar-refractivity contribution in [2.75, 3.05) is 35.3 Å². The predicted octanol–water partition coefficient (Wildman–Crippen LogP) is 3.11. The molecule has 1 saturated heterocycles. The molecule has 112 valence electrons. The molecular weight excluding hydrogens is 268 g/mol. The Kier molecular flexibility index (Phi) is 5.52. The molecule has 0 aliphatic carbocycles. The maximum absolute atomic E-state index is 4.77. The largest absolute Gasteiger partial charge is 0.370 e. The zero-order valence-corrected chi connectivity index (χ0v) is 13.9. The van der Waals surface area contributed by atoms with Crippen molar-refractivity contribution in [2.24, 2.45) is 0 Å². The van der Waals surface area contributed by atoms with E-state index in [1.54, 1.807) is 0 Å². The fraction of sp³-hybridized carbons (Fsp3) is 0.733. The maximum atomic E-state index is 4.77. The van der Waals surface area contributed by atoms with Gasteiger partial charge in [-0.25, -0.2) is 9.97 Å². The van der Waals surface area contributed by atoms with Crippen LogP contribution in [0.2, 0.25) is 0 Å². The molecule has 2 heterocycles. The van der Waals surface area contributed by atoms with Crippen LogP contribution < -0.4 is 10.2 Å². The molecule has 0 aromatic carbocycles. The van der Waals surface area contributed by atoms with Crippen LogP contribution in [-0.2, 0) is 6.42 Å². The number of rotatable bonds is 6. The third-order valence-corrected chi connectivity index (χ3v) is 4.96. The Morgan fingerprint density at radius 3 is 2.75 bits per heavy atom. The van der Waals surface area contributed by atoms with Crippen molar-refractivity contribution in [1.82, 2.24) is 9.97 Å². The quantitative estimate of drug-likeness (QED) is 0.873. The highest BCUT2D eigenvalue weighted by Gasteiger charge is 2.23. The first-order valence-corrected chi connectivity index (χ1v) is 8.74. The second-order valence-corrected chi connectivity index (χ2v) is 6.50. The van der Waals surface area contributed by atoms with Crippen molar-refractivity contribution in [3.8, 4) is 0 Å². The lowest BCUT2D eigenvalue weighted by Gasteiger charge is -2.27. The van der Waals surface area contributed by atoms with Crippen LogP contribution >= 0.6 is 11.8 Å². The lowest BCUT2D eigenvalue weighted by atomic mass is 10.2. The summed E-state index contributed by atoms with van der Waals surface area (Å²) in [6.45, 7) is 7.38. The lowest BCUT2D eigenvalue weighted by molar-refractivity contribution is 0.685. The summed E-state index contributed by atoms with van der Waals surface area (Å²) in [6, 6.07) is 0.609. The Bertz CT molecular complexity index is 444. The monoisotopic (exact) mass is 294 g/mol. The molecular formula is C15H26N4S. The van der Waals surface area contributed by atoms with E-state index in [0.29, 0.717) is 6.04 Å². The smallest absolute Gasteiger partial charge is 0.137 e. The maximum Gasteiger partial charge on any atom is 0.137 e. The minimum absolute atomic E-state index is 0.609. The average Bonchev–Trinajstić information content (AvgIpc) is 2.99. The standard InChI is InChI=1S/C15H26N4S/c1-5-8-16-14-11(3)15(18-13(6-2)17-14)19(4)12-7-9-20-10-12/h12H,5-10H2,1-4H3,(H,16,17,18). The fourth-order valence-electron chi connectivity index (χ4n) is 2.47. The predicted molar refractivity (Wildman–Crippen MR) is 89.1 cm³/mol. The summed E-state index contributed by atoms with van der Waals surface area (Å²) >= 11 is 2.04. The van der Waals surface area contributed by atoms with E-state index >= 15 is 0 Å². The minimum Gasteiger partial charge on any atom is -0.370 e. The number of nitrogens with one attached hydrogen (secondary N) is 1. The van der Waals surface area contributed by atoms with Gasteiger partial charge in [0.05, 0.1) is 0 Å². The molecule has 1 atom stereocenters. The molecule has 1 aliphatic rings. The third kappa shape index (κ3) is 3.37. The highest BCUT2D eigenvalue weighted by molar-refractivity contribution is 7.99. The Hall–Kier alpha value is -0.970. The zero-order valence-electron chi connectivity index (χ0n) is 13.1. The number of thioether (sulfide) groups is 1. The zero-order chi connectivity index (χ0) is 14.5. The molecule has 1 aromatic heterocycles. The van der Waals surface area contributed by atoms with Crippen LogP contribution in [0, 0.1) is 6.92 Å². The summed E-state index contributed by atoms with van der Waals surface area (Å²) in [5.74, 6) is 5.51. The van der Waals surface area contributed by atoms with Crippen LogP contribution in [0.4, 0.5) is 11.6 Å². The highest BCUT2D eigenvalue weighted by Crippen LogP contribution is 2.29. The normalized spacial score (nSPS) is 18.3. The summed E-state index contributed by atoms with van der Waals surface area (Å²) in [7, 11) is 2.18. The van der Waals surface area contributed by atoms with Crippen LogP contribution in [0.5, 0.6) is 0 Å². The van der Waals surface area contributed by atoms with Gasteiger partial charge in [0.2, 0.25) is 0 Å². The molecule has 1 N–H and O–H groups in total. The van der Waals surface area contributed by atoms with Crippen molar-refractivity contribution >= 4 is 23.4 Å². The van der Waals surface area contributed by atoms with Crippen LogP contribution in [0.1, 0.15) is 38.1 Å². The van der Waals surface area contributed by atoms with Gasteiger partial charge in [0, 0.05) is 37.4 Å². The molecule has 20 heavy (non-hydrogen) atoms. The van der Waals surface area contributed by atoms with E-state index in [0.717, 1.165) is 36.8 Å². The van der Waals surface area contributed by atoms with Crippen LogP contribution in [0.25, 0.3) is 0 Å². The number of hydrogen-bond acceptors (Lipinski definition) is 5.